The summed E-state index contributed by atoms with van der Waals surface area (Å²) in [5.41, 5.74) is 0.941. The van der Waals surface area contributed by atoms with Gasteiger partial charge < -0.3 is 19.5 Å². The third-order valence-electron chi connectivity index (χ3n) is 4.19. The predicted molar refractivity (Wildman–Crippen MR) is 86.9 cm³/mol. The summed E-state index contributed by atoms with van der Waals surface area (Å²) >= 11 is 0. The number of halogens is 1. The van der Waals surface area contributed by atoms with Gasteiger partial charge in [0.15, 0.2) is 5.82 Å². The highest BCUT2D eigenvalue weighted by Gasteiger charge is 2.28. The van der Waals surface area contributed by atoms with Crippen molar-refractivity contribution in [2.45, 2.75) is 38.5 Å². The fourth-order valence-corrected chi connectivity index (χ4v) is 3.01. The van der Waals surface area contributed by atoms with Crippen LogP contribution in [0.1, 0.15) is 42.6 Å². The summed E-state index contributed by atoms with van der Waals surface area (Å²) in [5.74, 6) is 0.489. The summed E-state index contributed by atoms with van der Waals surface area (Å²) in [6, 6.07) is 6.08. The van der Waals surface area contributed by atoms with E-state index in [4.69, 9.17) is 9.26 Å². The maximum absolute atomic E-state index is 13.1. The molecule has 2 aromatic rings. The van der Waals surface area contributed by atoms with Crippen molar-refractivity contribution in [2.24, 2.45) is 0 Å². The quantitative estimate of drug-likeness (QED) is 0.899. The van der Waals surface area contributed by atoms with Gasteiger partial charge in [-0.25, -0.2) is 9.18 Å². The fourth-order valence-electron chi connectivity index (χ4n) is 3.01. The zero-order chi connectivity index (χ0) is 17.6. The molecule has 1 atom stereocenters. The van der Waals surface area contributed by atoms with E-state index in [0.29, 0.717) is 18.3 Å². The van der Waals surface area contributed by atoms with Gasteiger partial charge >= 0.3 is 6.03 Å². The van der Waals surface area contributed by atoms with Crippen molar-refractivity contribution in [3.63, 3.8) is 0 Å². The Morgan fingerprint density at radius 2 is 2.20 bits per heavy atom. The van der Waals surface area contributed by atoms with Crippen molar-refractivity contribution in [3.05, 3.63) is 47.4 Å². The number of urea groups is 1. The Labute approximate surface area is 145 Å². The lowest BCUT2D eigenvalue weighted by Crippen LogP contribution is -2.44. The highest BCUT2D eigenvalue weighted by Crippen LogP contribution is 2.30. The molecule has 1 unspecified atom stereocenters. The summed E-state index contributed by atoms with van der Waals surface area (Å²) in [6.07, 6.45) is 2.84. The molecule has 0 aliphatic carbocycles. The lowest BCUT2D eigenvalue weighted by molar-refractivity contribution is 0.150. The third-order valence-corrected chi connectivity index (χ3v) is 4.19. The average molecular weight is 348 g/mol. The Morgan fingerprint density at radius 3 is 2.96 bits per heavy atom. The predicted octanol–water partition coefficient (Wildman–Crippen LogP) is 2.79. The van der Waals surface area contributed by atoms with Crippen LogP contribution in [0.25, 0.3) is 0 Å². The number of aromatic nitrogens is 2. The SMILES string of the molecule is COCc1noc(CNC(=O)N2CCCCC2c2ccc(F)cc2)n1. The largest absolute Gasteiger partial charge is 0.377 e. The van der Waals surface area contributed by atoms with Gasteiger partial charge in [-0.15, -0.1) is 0 Å². The van der Waals surface area contributed by atoms with Crippen LogP contribution in [0, 0.1) is 5.82 Å². The molecule has 3 rings (SSSR count). The van der Waals surface area contributed by atoms with E-state index >= 15 is 0 Å². The number of amides is 2. The first kappa shape index (κ1) is 17.3. The molecule has 1 aromatic heterocycles. The maximum atomic E-state index is 13.1. The second-order valence-electron chi connectivity index (χ2n) is 5.95. The number of hydrogen-bond acceptors (Lipinski definition) is 5. The van der Waals surface area contributed by atoms with Crippen molar-refractivity contribution in [3.8, 4) is 0 Å². The molecule has 1 aliphatic heterocycles. The van der Waals surface area contributed by atoms with E-state index in [1.165, 1.54) is 12.1 Å². The second-order valence-corrected chi connectivity index (χ2v) is 5.95. The van der Waals surface area contributed by atoms with E-state index in [9.17, 15) is 9.18 Å². The molecule has 1 aromatic carbocycles. The average Bonchev–Trinajstić information content (AvgIpc) is 3.08. The number of ether oxygens (including phenoxy) is 1. The molecule has 0 radical (unpaired) electrons. The van der Waals surface area contributed by atoms with Gasteiger partial charge in [0.05, 0.1) is 12.6 Å². The van der Waals surface area contributed by atoms with Crippen LogP contribution in [-0.4, -0.2) is 34.7 Å². The minimum absolute atomic E-state index is 0.0545. The summed E-state index contributed by atoms with van der Waals surface area (Å²) in [7, 11) is 1.55. The van der Waals surface area contributed by atoms with Gasteiger partial charge in [-0.2, -0.15) is 4.98 Å². The fraction of sp³-hybridized carbons (Fsp3) is 0.471. The van der Waals surface area contributed by atoms with Gasteiger partial charge in [-0.1, -0.05) is 17.3 Å². The first-order chi connectivity index (χ1) is 12.2. The highest BCUT2D eigenvalue weighted by molar-refractivity contribution is 5.74. The summed E-state index contributed by atoms with van der Waals surface area (Å²) in [4.78, 5) is 18.5. The summed E-state index contributed by atoms with van der Waals surface area (Å²) in [6.45, 7) is 1.07. The molecule has 2 heterocycles. The van der Waals surface area contributed by atoms with Gasteiger partial charge in [0.25, 0.3) is 0 Å². The molecule has 0 bridgehead atoms. The Morgan fingerprint density at radius 1 is 1.40 bits per heavy atom. The number of rotatable bonds is 5. The number of nitrogens with zero attached hydrogens (tertiary/aromatic N) is 3. The minimum atomic E-state index is -0.279. The lowest BCUT2D eigenvalue weighted by Gasteiger charge is -2.36. The molecular weight excluding hydrogens is 327 g/mol. The number of hydrogen-bond donors (Lipinski definition) is 1. The van der Waals surface area contributed by atoms with Gasteiger partial charge in [-0.05, 0) is 37.0 Å². The standard InChI is InChI=1S/C17H21FN4O3/c1-24-11-15-20-16(25-21-15)10-19-17(23)22-9-3-2-4-14(22)12-5-7-13(18)8-6-12/h5-8,14H,2-4,9-11H2,1H3,(H,19,23). The van der Waals surface area contributed by atoms with Crippen molar-refractivity contribution in [1.82, 2.24) is 20.4 Å². The smallest absolute Gasteiger partial charge is 0.318 e. The van der Waals surface area contributed by atoms with Gasteiger partial charge in [0.2, 0.25) is 5.89 Å². The highest BCUT2D eigenvalue weighted by atomic mass is 19.1. The van der Waals surface area contributed by atoms with E-state index in [2.05, 4.69) is 15.5 Å². The van der Waals surface area contributed by atoms with Crippen LogP contribution in [0.2, 0.25) is 0 Å². The molecular formula is C17H21FN4O3. The van der Waals surface area contributed by atoms with Crippen molar-refractivity contribution in [2.75, 3.05) is 13.7 Å². The maximum Gasteiger partial charge on any atom is 0.318 e. The molecule has 2 amide bonds. The molecule has 0 spiro atoms. The molecule has 1 saturated heterocycles. The zero-order valence-corrected chi connectivity index (χ0v) is 14.1. The van der Waals surface area contributed by atoms with Crippen molar-refractivity contribution < 1.29 is 18.4 Å². The second kappa shape index (κ2) is 8.06. The summed E-state index contributed by atoms with van der Waals surface area (Å²) < 4.78 is 23.1. The Kier molecular flexibility index (Phi) is 5.60. The Balaban J connectivity index is 1.63. The molecule has 1 aliphatic rings. The monoisotopic (exact) mass is 348 g/mol. The van der Waals surface area contributed by atoms with E-state index in [0.717, 1.165) is 24.8 Å². The minimum Gasteiger partial charge on any atom is -0.377 e. The number of carbonyl (C=O) groups is 1. The number of likely N-dealkylation sites (tertiary alicyclic amines) is 1. The molecule has 1 N–H and O–H groups in total. The number of piperidine rings is 1. The van der Waals surface area contributed by atoms with Gasteiger partial charge in [0, 0.05) is 13.7 Å². The van der Waals surface area contributed by atoms with E-state index in [1.807, 2.05) is 0 Å². The van der Waals surface area contributed by atoms with Gasteiger partial charge in [-0.3, -0.25) is 0 Å². The molecule has 7 nitrogen and oxygen atoms in total. The van der Waals surface area contributed by atoms with Crippen LogP contribution in [0.4, 0.5) is 9.18 Å². The number of benzene rings is 1. The summed E-state index contributed by atoms with van der Waals surface area (Å²) in [5, 5.41) is 6.57. The normalized spacial score (nSPS) is 17.5. The van der Waals surface area contributed by atoms with E-state index < -0.39 is 0 Å². The zero-order valence-electron chi connectivity index (χ0n) is 14.1. The third kappa shape index (κ3) is 4.33. The van der Waals surface area contributed by atoms with E-state index in [1.54, 1.807) is 24.1 Å². The van der Waals surface area contributed by atoms with Crippen LogP contribution in [0.5, 0.6) is 0 Å². The topological polar surface area (TPSA) is 80.5 Å². The van der Waals surface area contributed by atoms with Crippen LogP contribution >= 0.6 is 0 Å². The molecule has 25 heavy (non-hydrogen) atoms. The van der Waals surface area contributed by atoms with Crippen LogP contribution < -0.4 is 5.32 Å². The first-order valence-corrected chi connectivity index (χ1v) is 8.27. The van der Waals surface area contributed by atoms with Crippen molar-refractivity contribution >= 4 is 6.03 Å². The molecule has 1 fully saturated rings. The van der Waals surface area contributed by atoms with E-state index in [-0.39, 0.29) is 31.0 Å². The Bertz CT molecular complexity index is 704. The lowest BCUT2D eigenvalue weighted by atomic mass is 9.95. The number of carbonyl (C=O) groups excluding carboxylic acids is 1. The number of methoxy groups -OCH3 is 1. The number of nitrogens with one attached hydrogen (secondary N) is 1. The van der Waals surface area contributed by atoms with Crippen LogP contribution in [0.15, 0.2) is 28.8 Å². The Hall–Kier alpha value is -2.48. The van der Waals surface area contributed by atoms with Gasteiger partial charge in [0.1, 0.15) is 12.4 Å². The van der Waals surface area contributed by atoms with Crippen LogP contribution in [0.3, 0.4) is 0 Å². The molecule has 8 heteroatoms. The molecule has 0 saturated carbocycles. The molecule has 134 valence electrons. The first-order valence-electron chi connectivity index (χ1n) is 8.27. The van der Waals surface area contributed by atoms with Crippen LogP contribution in [-0.2, 0) is 17.9 Å². The van der Waals surface area contributed by atoms with Crippen molar-refractivity contribution in [1.29, 1.82) is 0 Å².